The van der Waals surface area contributed by atoms with Crippen molar-refractivity contribution in [2.75, 3.05) is 7.05 Å². The summed E-state index contributed by atoms with van der Waals surface area (Å²) in [5, 5.41) is 12.7. The second-order valence-corrected chi connectivity index (χ2v) is 10.9. The molecule has 0 spiro atoms. The minimum absolute atomic E-state index is 0.00952. The molecule has 2 aromatic carbocycles. The molecule has 3 amide bonds. The lowest BCUT2D eigenvalue weighted by Crippen LogP contribution is -2.62. The number of ether oxygens (including phenoxy) is 1. The van der Waals surface area contributed by atoms with Gasteiger partial charge in [0, 0.05) is 29.7 Å². The number of benzene rings is 2. The summed E-state index contributed by atoms with van der Waals surface area (Å²) in [7, 11) is 1.71. The molecule has 0 saturated carbocycles. The van der Waals surface area contributed by atoms with Crippen molar-refractivity contribution in [2.45, 2.75) is 58.3 Å². The van der Waals surface area contributed by atoms with Gasteiger partial charge in [-0.3, -0.25) is 14.4 Å². The van der Waals surface area contributed by atoms with Crippen molar-refractivity contribution in [3.63, 3.8) is 0 Å². The summed E-state index contributed by atoms with van der Waals surface area (Å²) in [4.78, 5) is 44.0. The van der Waals surface area contributed by atoms with E-state index in [-0.39, 0.29) is 30.1 Å². The molecule has 2 aliphatic heterocycles. The fraction of sp³-hybridized carbons (Fsp3) is 0.387. The molecule has 3 heterocycles. The Balaban J connectivity index is 1.73. The fourth-order valence-corrected chi connectivity index (χ4v) is 5.02. The van der Waals surface area contributed by atoms with Gasteiger partial charge in [-0.2, -0.15) is 0 Å². The van der Waals surface area contributed by atoms with Crippen molar-refractivity contribution in [1.82, 2.24) is 26.3 Å². The van der Waals surface area contributed by atoms with E-state index in [4.69, 9.17) is 4.74 Å². The molecular formula is C31H39N5O4. The van der Waals surface area contributed by atoms with Crippen LogP contribution in [0.3, 0.4) is 0 Å². The van der Waals surface area contributed by atoms with Crippen LogP contribution < -0.4 is 26.0 Å². The molecule has 0 aliphatic carbocycles. The first kappa shape index (κ1) is 28.9. The van der Waals surface area contributed by atoms with Crippen LogP contribution in [0.5, 0.6) is 5.75 Å². The number of nitrogens with one attached hydrogen (secondary N) is 5. The Morgan fingerprint density at radius 2 is 1.73 bits per heavy atom. The molecule has 212 valence electrons. The topological polar surface area (TPSA) is 124 Å². The standard InChI is InChI=1S/C31H39N5O4/c1-18(2)26(32-5)30(38)36-27-28(19(3)4)40-22-12-10-20(11-13-22)14-15-33-29(37)25(35-31(27)39)16-21-17-34-24-9-7-6-8-23(21)24/h6-15,17-19,25-28,32,34H,16H2,1-5H3,(H,33,37)(H,35,39)(H,36,38). The number of hydrogen-bond acceptors (Lipinski definition) is 5. The third kappa shape index (κ3) is 6.71. The lowest BCUT2D eigenvalue weighted by Gasteiger charge is -2.33. The summed E-state index contributed by atoms with van der Waals surface area (Å²) in [5.41, 5.74) is 2.71. The van der Waals surface area contributed by atoms with Crippen LogP contribution >= 0.6 is 0 Å². The zero-order valence-corrected chi connectivity index (χ0v) is 23.7. The lowest BCUT2D eigenvalue weighted by atomic mass is 9.96. The molecule has 5 N–H and O–H groups in total. The van der Waals surface area contributed by atoms with Gasteiger partial charge in [0.15, 0.2) is 0 Å². The summed E-state index contributed by atoms with van der Waals surface area (Å²) in [6, 6.07) is 12.7. The Kier molecular flexibility index (Phi) is 9.26. The molecule has 0 fully saturated rings. The van der Waals surface area contributed by atoms with E-state index in [1.165, 1.54) is 0 Å². The minimum Gasteiger partial charge on any atom is -0.487 e. The molecule has 5 rings (SSSR count). The quantitative estimate of drug-likeness (QED) is 0.312. The average molecular weight is 546 g/mol. The normalized spacial score (nSPS) is 20.6. The van der Waals surface area contributed by atoms with E-state index < -0.39 is 30.1 Å². The van der Waals surface area contributed by atoms with E-state index in [2.05, 4.69) is 26.3 Å². The van der Waals surface area contributed by atoms with Gasteiger partial charge in [-0.1, -0.05) is 58.0 Å². The molecule has 2 bridgehead atoms. The van der Waals surface area contributed by atoms with Gasteiger partial charge < -0.3 is 31.0 Å². The number of amides is 3. The van der Waals surface area contributed by atoms with Crippen molar-refractivity contribution in [3.05, 3.63) is 72.1 Å². The summed E-state index contributed by atoms with van der Waals surface area (Å²) in [5.74, 6) is -0.757. The first-order valence-electron chi connectivity index (χ1n) is 13.7. The third-order valence-corrected chi connectivity index (χ3v) is 7.21. The number of carbonyl (C=O) groups excluding carboxylic acids is 3. The average Bonchev–Trinajstić information content (AvgIpc) is 3.33. The highest BCUT2D eigenvalue weighted by molar-refractivity contribution is 5.94. The summed E-state index contributed by atoms with van der Waals surface area (Å²) >= 11 is 0. The number of aromatic nitrogens is 1. The number of aromatic amines is 1. The number of rotatable bonds is 7. The molecule has 9 heteroatoms. The minimum atomic E-state index is -1.06. The maximum absolute atomic E-state index is 14.0. The maximum atomic E-state index is 14.0. The van der Waals surface area contributed by atoms with Gasteiger partial charge in [-0.25, -0.2) is 0 Å². The highest BCUT2D eigenvalue weighted by Crippen LogP contribution is 2.22. The van der Waals surface area contributed by atoms with Gasteiger partial charge in [0.25, 0.3) is 0 Å². The van der Waals surface area contributed by atoms with Gasteiger partial charge in [0.05, 0.1) is 6.04 Å². The SMILES string of the molecule is CNC(C(=O)NC1C(=O)NC(Cc2c[nH]c3ccccc23)C(=O)NC=Cc2ccc(cc2)OC1C(C)C)C(C)C. The Labute approximate surface area is 235 Å². The zero-order valence-electron chi connectivity index (χ0n) is 23.7. The summed E-state index contributed by atoms with van der Waals surface area (Å²) in [6.07, 6.45) is 4.75. The monoisotopic (exact) mass is 545 g/mol. The van der Waals surface area contributed by atoms with E-state index in [0.717, 1.165) is 22.0 Å². The predicted octanol–water partition coefficient (Wildman–Crippen LogP) is 3.13. The summed E-state index contributed by atoms with van der Waals surface area (Å²) in [6.45, 7) is 7.74. The highest BCUT2D eigenvalue weighted by Gasteiger charge is 2.37. The van der Waals surface area contributed by atoms with Crippen LogP contribution in [0.1, 0.15) is 38.8 Å². The zero-order chi connectivity index (χ0) is 28.8. The molecular weight excluding hydrogens is 506 g/mol. The van der Waals surface area contributed by atoms with E-state index in [1.54, 1.807) is 19.3 Å². The molecule has 9 nitrogen and oxygen atoms in total. The Hall–Kier alpha value is -4.11. The highest BCUT2D eigenvalue weighted by atomic mass is 16.5. The molecule has 3 aromatic rings. The number of carbonyl (C=O) groups is 3. The van der Waals surface area contributed by atoms with E-state index in [1.807, 2.05) is 82.4 Å². The van der Waals surface area contributed by atoms with Crippen LogP contribution in [0.15, 0.2) is 60.9 Å². The summed E-state index contributed by atoms with van der Waals surface area (Å²) < 4.78 is 6.33. The smallest absolute Gasteiger partial charge is 0.247 e. The van der Waals surface area contributed by atoms with Crippen molar-refractivity contribution < 1.29 is 19.1 Å². The number of likely N-dealkylation sites (N-methyl/N-ethyl adjacent to an activating group) is 1. The molecule has 4 unspecified atom stereocenters. The first-order valence-corrected chi connectivity index (χ1v) is 13.7. The van der Waals surface area contributed by atoms with Crippen LogP contribution in [0.2, 0.25) is 0 Å². The van der Waals surface area contributed by atoms with Crippen LogP contribution in [0.4, 0.5) is 0 Å². The molecule has 40 heavy (non-hydrogen) atoms. The van der Waals surface area contributed by atoms with Gasteiger partial charge in [0.2, 0.25) is 17.7 Å². The fourth-order valence-electron chi connectivity index (χ4n) is 5.02. The third-order valence-electron chi connectivity index (χ3n) is 7.21. The van der Waals surface area contributed by atoms with Crippen molar-refractivity contribution >= 4 is 34.7 Å². The molecule has 0 radical (unpaired) electrons. The Morgan fingerprint density at radius 1 is 1.00 bits per heavy atom. The number of hydrogen-bond donors (Lipinski definition) is 5. The van der Waals surface area contributed by atoms with Crippen LogP contribution in [-0.4, -0.2) is 54.0 Å². The molecule has 0 saturated heterocycles. The number of H-pyrrole nitrogens is 1. The van der Waals surface area contributed by atoms with Crippen molar-refractivity contribution in [3.8, 4) is 5.75 Å². The number of fused-ring (bicyclic) bond motifs is 11. The maximum Gasteiger partial charge on any atom is 0.247 e. The van der Waals surface area contributed by atoms with E-state index in [9.17, 15) is 14.4 Å². The van der Waals surface area contributed by atoms with Crippen LogP contribution in [0, 0.1) is 11.8 Å². The Bertz CT molecular complexity index is 1360. The van der Waals surface area contributed by atoms with E-state index >= 15 is 0 Å². The van der Waals surface area contributed by atoms with Gasteiger partial charge in [-0.05, 0) is 54.3 Å². The second kappa shape index (κ2) is 12.8. The van der Waals surface area contributed by atoms with Gasteiger partial charge in [-0.15, -0.1) is 0 Å². The molecule has 1 aromatic heterocycles. The predicted molar refractivity (Wildman–Crippen MR) is 156 cm³/mol. The van der Waals surface area contributed by atoms with Crippen molar-refractivity contribution in [2.24, 2.45) is 11.8 Å². The van der Waals surface area contributed by atoms with E-state index in [0.29, 0.717) is 5.75 Å². The Morgan fingerprint density at radius 3 is 2.40 bits per heavy atom. The van der Waals surface area contributed by atoms with Gasteiger partial charge in [0.1, 0.15) is 23.9 Å². The first-order chi connectivity index (χ1) is 19.2. The van der Waals surface area contributed by atoms with Gasteiger partial charge >= 0.3 is 0 Å². The second-order valence-electron chi connectivity index (χ2n) is 10.9. The van der Waals surface area contributed by atoms with Crippen molar-refractivity contribution in [1.29, 1.82) is 0 Å². The van der Waals surface area contributed by atoms with Crippen LogP contribution in [-0.2, 0) is 20.8 Å². The molecule has 2 aliphatic rings. The lowest BCUT2D eigenvalue weighted by molar-refractivity contribution is -0.135. The van der Waals surface area contributed by atoms with Crippen LogP contribution in [0.25, 0.3) is 17.0 Å². The number of para-hydroxylation sites is 1. The largest absolute Gasteiger partial charge is 0.487 e. The molecule has 4 atom stereocenters.